The predicted molar refractivity (Wildman–Crippen MR) is 293 cm³/mol. The standard InChI is InChI=1S/C62H104O6/c1-4-7-10-13-16-19-22-25-28-30-31-33-34-37-40-43-46-49-52-55-61(64)67-58-59(57-66-60(63)54-51-48-45-42-39-36-27-24-21-18-15-12-9-6-3)68-62(65)56-53-50-47-44-41-38-35-32-29-26-23-20-17-14-11-8-5-2/h7,10,16-17,19-20,24-29,31,33,37,40,59H,4-6,8-9,11-15,18,21-23,30,32,34-36,38-39,41-58H2,1-3H3/b10-7+,19-16+,20-17+,27-24+,28-25+,29-26+,33-31+,40-37+/t59-/m1/s1. The van der Waals surface area contributed by atoms with Crippen LogP contribution in [-0.2, 0) is 28.6 Å². The van der Waals surface area contributed by atoms with Gasteiger partial charge in [0.05, 0.1) is 0 Å². The number of carbonyl (C=O) groups is 3. The van der Waals surface area contributed by atoms with Crippen LogP contribution in [0.2, 0.25) is 0 Å². The van der Waals surface area contributed by atoms with Gasteiger partial charge >= 0.3 is 17.9 Å². The monoisotopic (exact) mass is 945 g/mol. The average molecular weight is 946 g/mol. The number of unbranched alkanes of at least 4 members (excludes halogenated alkanes) is 23. The van der Waals surface area contributed by atoms with Crippen molar-refractivity contribution in [3.05, 3.63) is 97.2 Å². The van der Waals surface area contributed by atoms with Gasteiger partial charge in [0.1, 0.15) is 13.2 Å². The fourth-order valence-corrected chi connectivity index (χ4v) is 7.55. The van der Waals surface area contributed by atoms with E-state index in [1.807, 2.05) is 0 Å². The molecule has 0 bridgehead atoms. The zero-order chi connectivity index (χ0) is 49.3. The molecular weight excluding hydrogens is 841 g/mol. The lowest BCUT2D eigenvalue weighted by molar-refractivity contribution is -0.167. The van der Waals surface area contributed by atoms with Gasteiger partial charge in [0.2, 0.25) is 0 Å². The first-order chi connectivity index (χ1) is 33.5. The van der Waals surface area contributed by atoms with E-state index in [0.717, 1.165) is 116 Å². The lowest BCUT2D eigenvalue weighted by Gasteiger charge is -2.18. The van der Waals surface area contributed by atoms with Gasteiger partial charge in [0.25, 0.3) is 0 Å². The minimum Gasteiger partial charge on any atom is -0.462 e. The van der Waals surface area contributed by atoms with E-state index < -0.39 is 6.10 Å². The van der Waals surface area contributed by atoms with Crippen LogP contribution in [0.25, 0.3) is 0 Å². The molecule has 388 valence electrons. The minimum atomic E-state index is -0.800. The van der Waals surface area contributed by atoms with Gasteiger partial charge in [-0.2, -0.15) is 0 Å². The van der Waals surface area contributed by atoms with Gasteiger partial charge < -0.3 is 14.2 Å². The Labute approximate surface area is 419 Å². The molecule has 0 aliphatic carbocycles. The third-order valence-electron chi connectivity index (χ3n) is 11.8. The highest BCUT2D eigenvalue weighted by atomic mass is 16.6. The molecule has 0 amide bonds. The highest BCUT2D eigenvalue weighted by molar-refractivity contribution is 5.71. The molecule has 0 aromatic rings. The fourth-order valence-electron chi connectivity index (χ4n) is 7.55. The second kappa shape index (κ2) is 55.9. The molecule has 0 aromatic carbocycles. The van der Waals surface area contributed by atoms with Crippen molar-refractivity contribution in [3.8, 4) is 0 Å². The van der Waals surface area contributed by atoms with Crippen LogP contribution in [0.5, 0.6) is 0 Å². The molecule has 0 N–H and O–H groups in total. The number of allylic oxidation sites excluding steroid dienone is 16. The second-order valence-corrected chi connectivity index (χ2v) is 18.5. The summed E-state index contributed by atoms with van der Waals surface area (Å²) in [6.07, 6.45) is 73.9. The normalized spacial score (nSPS) is 12.8. The lowest BCUT2D eigenvalue weighted by atomic mass is 10.1. The van der Waals surface area contributed by atoms with Crippen molar-refractivity contribution in [2.24, 2.45) is 0 Å². The first-order valence-corrected chi connectivity index (χ1v) is 28.2. The quantitative estimate of drug-likeness (QED) is 0.0262. The molecule has 0 unspecified atom stereocenters. The smallest absolute Gasteiger partial charge is 0.306 e. The molecular formula is C62H104O6. The maximum atomic E-state index is 12.8. The van der Waals surface area contributed by atoms with Crippen molar-refractivity contribution >= 4 is 17.9 Å². The van der Waals surface area contributed by atoms with Gasteiger partial charge in [-0.3, -0.25) is 14.4 Å². The summed E-state index contributed by atoms with van der Waals surface area (Å²) >= 11 is 0. The van der Waals surface area contributed by atoms with E-state index in [1.165, 1.54) is 103 Å². The molecule has 0 aliphatic heterocycles. The Morgan fingerprint density at radius 2 is 0.574 bits per heavy atom. The van der Waals surface area contributed by atoms with Crippen LogP contribution >= 0.6 is 0 Å². The molecule has 6 heteroatoms. The number of rotatable bonds is 50. The minimum absolute atomic E-state index is 0.0963. The summed E-state index contributed by atoms with van der Waals surface area (Å²) in [5, 5.41) is 0. The number of hydrogen-bond donors (Lipinski definition) is 0. The van der Waals surface area contributed by atoms with Crippen LogP contribution in [0.3, 0.4) is 0 Å². The summed E-state index contributed by atoms with van der Waals surface area (Å²) in [7, 11) is 0. The first kappa shape index (κ1) is 64.3. The number of carbonyl (C=O) groups excluding carboxylic acids is 3. The van der Waals surface area contributed by atoms with Gasteiger partial charge in [-0.25, -0.2) is 0 Å². The molecule has 0 radical (unpaired) electrons. The third kappa shape index (κ3) is 53.3. The van der Waals surface area contributed by atoms with Crippen LogP contribution < -0.4 is 0 Å². The number of hydrogen-bond acceptors (Lipinski definition) is 6. The van der Waals surface area contributed by atoms with Crippen molar-refractivity contribution < 1.29 is 28.6 Å². The molecule has 0 spiro atoms. The van der Waals surface area contributed by atoms with Gasteiger partial charge in [0.15, 0.2) is 6.10 Å². The maximum absolute atomic E-state index is 12.8. The Morgan fingerprint density at radius 1 is 0.309 bits per heavy atom. The maximum Gasteiger partial charge on any atom is 0.306 e. The topological polar surface area (TPSA) is 78.9 Å². The Bertz CT molecular complexity index is 1360. The predicted octanol–water partition coefficient (Wildman–Crippen LogP) is 18.9. The molecule has 0 saturated heterocycles. The van der Waals surface area contributed by atoms with Gasteiger partial charge in [-0.1, -0.05) is 214 Å². The van der Waals surface area contributed by atoms with Gasteiger partial charge in [0, 0.05) is 19.3 Å². The number of ether oxygens (including phenoxy) is 3. The molecule has 0 saturated carbocycles. The molecule has 0 aromatic heterocycles. The van der Waals surface area contributed by atoms with Gasteiger partial charge in [-0.05, 0) is 122 Å². The van der Waals surface area contributed by atoms with Crippen LogP contribution in [0.15, 0.2) is 97.2 Å². The molecule has 1 atom stereocenters. The fraction of sp³-hybridized carbons (Fsp3) is 0.694. The molecule has 0 fully saturated rings. The number of esters is 3. The van der Waals surface area contributed by atoms with Crippen molar-refractivity contribution in [1.82, 2.24) is 0 Å². The SMILES string of the molecule is CC/C=C/C/C=C/C/C=C/C/C=C/C/C=C/CCCCCC(=O)OC[C@@H](COC(=O)CCCCCCC/C=C/CCCCCCC)OC(=O)CCCCCCCCC/C=C/C/C=C/CCCCC. The van der Waals surface area contributed by atoms with E-state index in [1.54, 1.807) is 0 Å². The van der Waals surface area contributed by atoms with Gasteiger partial charge in [-0.15, -0.1) is 0 Å². The van der Waals surface area contributed by atoms with E-state index in [0.29, 0.717) is 19.3 Å². The summed E-state index contributed by atoms with van der Waals surface area (Å²) in [4.78, 5) is 38.1. The largest absolute Gasteiger partial charge is 0.462 e. The van der Waals surface area contributed by atoms with E-state index in [4.69, 9.17) is 14.2 Å². The van der Waals surface area contributed by atoms with Crippen molar-refractivity contribution in [3.63, 3.8) is 0 Å². The zero-order valence-corrected chi connectivity index (χ0v) is 44.3. The Hall–Kier alpha value is -3.67. The van der Waals surface area contributed by atoms with E-state index >= 15 is 0 Å². The van der Waals surface area contributed by atoms with Crippen LogP contribution in [0.1, 0.15) is 258 Å². The lowest BCUT2D eigenvalue weighted by Crippen LogP contribution is -2.30. The van der Waals surface area contributed by atoms with Crippen LogP contribution in [0, 0.1) is 0 Å². The molecule has 0 heterocycles. The summed E-state index contributed by atoms with van der Waals surface area (Å²) in [5.41, 5.74) is 0. The van der Waals surface area contributed by atoms with Crippen LogP contribution in [-0.4, -0.2) is 37.2 Å². The van der Waals surface area contributed by atoms with Crippen molar-refractivity contribution in [2.45, 2.75) is 264 Å². The van der Waals surface area contributed by atoms with Crippen LogP contribution in [0.4, 0.5) is 0 Å². The molecule has 6 nitrogen and oxygen atoms in total. The summed E-state index contributed by atoms with van der Waals surface area (Å²) in [6.45, 7) is 6.45. The molecule has 68 heavy (non-hydrogen) atoms. The average Bonchev–Trinajstić information content (AvgIpc) is 3.34. The summed E-state index contributed by atoms with van der Waals surface area (Å²) < 4.78 is 16.8. The van der Waals surface area contributed by atoms with Crippen molar-refractivity contribution in [1.29, 1.82) is 0 Å². The van der Waals surface area contributed by atoms with E-state index in [9.17, 15) is 14.4 Å². The van der Waals surface area contributed by atoms with E-state index in [2.05, 4.69) is 118 Å². The van der Waals surface area contributed by atoms with E-state index in [-0.39, 0.29) is 31.1 Å². The van der Waals surface area contributed by atoms with Crippen molar-refractivity contribution in [2.75, 3.05) is 13.2 Å². The molecule has 0 aliphatic rings. The molecule has 0 rings (SSSR count). The first-order valence-electron chi connectivity index (χ1n) is 28.2. The Balaban J connectivity index is 4.48. The summed E-state index contributed by atoms with van der Waals surface area (Å²) in [6, 6.07) is 0. The Morgan fingerprint density at radius 3 is 0.956 bits per heavy atom. The third-order valence-corrected chi connectivity index (χ3v) is 11.8. The second-order valence-electron chi connectivity index (χ2n) is 18.5. The highest BCUT2D eigenvalue weighted by Gasteiger charge is 2.19. The highest BCUT2D eigenvalue weighted by Crippen LogP contribution is 2.14. The zero-order valence-electron chi connectivity index (χ0n) is 44.3. The summed E-state index contributed by atoms with van der Waals surface area (Å²) in [5.74, 6) is -0.943. The Kier molecular flexibility index (Phi) is 52.9.